The van der Waals surface area contributed by atoms with Crippen LogP contribution in [0.4, 0.5) is 5.69 Å². The zero-order valence-corrected chi connectivity index (χ0v) is 10.8. The standard InChI is InChI=1S/C14H16N2O3/c1-10(17)8-15-13(18)9-16-12-5-3-2-4-11(12)6-7-14(16)19/h2-5H,6-9H2,1H3,(H,15,18). The number of nitrogens with zero attached hydrogens (tertiary/aromatic N) is 1. The lowest BCUT2D eigenvalue weighted by Crippen LogP contribution is -2.43. The summed E-state index contributed by atoms with van der Waals surface area (Å²) in [5.74, 6) is -0.490. The van der Waals surface area contributed by atoms with Gasteiger partial charge in [-0.3, -0.25) is 14.4 Å². The van der Waals surface area contributed by atoms with Crippen LogP contribution in [0.2, 0.25) is 0 Å². The van der Waals surface area contributed by atoms with Crippen molar-refractivity contribution in [2.45, 2.75) is 19.8 Å². The number of ketones is 1. The van der Waals surface area contributed by atoms with E-state index in [9.17, 15) is 14.4 Å². The van der Waals surface area contributed by atoms with Crippen molar-refractivity contribution in [1.82, 2.24) is 5.32 Å². The number of hydrogen-bond acceptors (Lipinski definition) is 3. The molecule has 5 heteroatoms. The molecule has 0 aromatic heterocycles. The molecular weight excluding hydrogens is 244 g/mol. The SMILES string of the molecule is CC(=O)CNC(=O)CN1C(=O)CCc2ccccc21. The van der Waals surface area contributed by atoms with Gasteiger partial charge in [0.25, 0.3) is 0 Å². The molecule has 1 aliphatic heterocycles. The third kappa shape index (κ3) is 3.19. The number of rotatable bonds is 4. The number of fused-ring (bicyclic) bond motifs is 1. The van der Waals surface area contributed by atoms with E-state index in [2.05, 4.69) is 5.32 Å². The molecule has 2 rings (SSSR count). The first-order valence-electron chi connectivity index (χ1n) is 6.22. The van der Waals surface area contributed by atoms with Crippen LogP contribution in [0.1, 0.15) is 18.9 Å². The third-order valence-electron chi connectivity index (χ3n) is 3.03. The molecule has 0 atom stereocenters. The van der Waals surface area contributed by atoms with Crippen molar-refractivity contribution in [3.05, 3.63) is 29.8 Å². The smallest absolute Gasteiger partial charge is 0.240 e. The summed E-state index contributed by atoms with van der Waals surface area (Å²) in [5.41, 5.74) is 1.86. The van der Waals surface area contributed by atoms with Gasteiger partial charge in [-0.15, -0.1) is 0 Å². The molecule has 1 heterocycles. The van der Waals surface area contributed by atoms with Crippen molar-refractivity contribution in [3.8, 4) is 0 Å². The lowest BCUT2D eigenvalue weighted by molar-refractivity contribution is -0.125. The highest BCUT2D eigenvalue weighted by molar-refractivity contribution is 6.01. The van der Waals surface area contributed by atoms with E-state index in [1.807, 2.05) is 24.3 Å². The first kappa shape index (κ1) is 13.3. The molecule has 0 aliphatic carbocycles. The summed E-state index contributed by atoms with van der Waals surface area (Å²) in [6.07, 6.45) is 1.12. The zero-order chi connectivity index (χ0) is 13.8. The number of hydrogen-bond donors (Lipinski definition) is 1. The second-order valence-electron chi connectivity index (χ2n) is 4.59. The number of carbonyl (C=O) groups is 3. The number of nitrogens with one attached hydrogen (secondary N) is 1. The second-order valence-corrected chi connectivity index (χ2v) is 4.59. The molecule has 0 fully saturated rings. The summed E-state index contributed by atoms with van der Waals surface area (Å²) in [4.78, 5) is 35.9. The maximum absolute atomic E-state index is 11.9. The van der Waals surface area contributed by atoms with Crippen LogP contribution in [0.25, 0.3) is 0 Å². The molecular formula is C14H16N2O3. The number of amides is 2. The molecule has 0 saturated heterocycles. The zero-order valence-electron chi connectivity index (χ0n) is 10.8. The van der Waals surface area contributed by atoms with Crippen LogP contribution in [-0.4, -0.2) is 30.7 Å². The normalized spacial score (nSPS) is 13.9. The Hall–Kier alpha value is -2.17. The van der Waals surface area contributed by atoms with Gasteiger partial charge in [0.05, 0.1) is 6.54 Å². The highest BCUT2D eigenvalue weighted by Crippen LogP contribution is 2.26. The monoisotopic (exact) mass is 260 g/mol. The van der Waals surface area contributed by atoms with Gasteiger partial charge in [0.1, 0.15) is 12.3 Å². The second kappa shape index (κ2) is 5.65. The summed E-state index contributed by atoms with van der Waals surface area (Å²) >= 11 is 0. The minimum atomic E-state index is -0.319. The van der Waals surface area contributed by atoms with Gasteiger partial charge in [-0.25, -0.2) is 0 Å². The fourth-order valence-corrected chi connectivity index (χ4v) is 2.09. The number of anilines is 1. The van der Waals surface area contributed by atoms with Gasteiger partial charge in [0.15, 0.2) is 0 Å². The predicted molar refractivity (Wildman–Crippen MR) is 70.8 cm³/mol. The van der Waals surface area contributed by atoms with E-state index in [-0.39, 0.29) is 30.7 Å². The molecule has 0 radical (unpaired) electrons. The van der Waals surface area contributed by atoms with Crippen LogP contribution in [0, 0.1) is 0 Å². The van der Waals surface area contributed by atoms with Crippen LogP contribution >= 0.6 is 0 Å². The summed E-state index contributed by atoms with van der Waals surface area (Å²) in [6, 6.07) is 7.56. The highest BCUT2D eigenvalue weighted by atomic mass is 16.2. The number of carbonyl (C=O) groups excluding carboxylic acids is 3. The van der Waals surface area contributed by atoms with Crippen LogP contribution in [0.3, 0.4) is 0 Å². The van der Waals surface area contributed by atoms with E-state index in [1.165, 1.54) is 11.8 Å². The van der Waals surface area contributed by atoms with Crippen molar-refractivity contribution in [3.63, 3.8) is 0 Å². The maximum Gasteiger partial charge on any atom is 0.240 e. The average Bonchev–Trinajstić information content (AvgIpc) is 2.40. The quantitative estimate of drug-likeness (QED) is 0.865. The number of Topliss-reactive ketones (excluding diaryl/α,β-unsaturated/α-hetero) is 1. The molecule has 1 aliphatic rings. The Balaban J connectivity index is 2.09. The van der Waals surface area contributed by atoms with Crippen molar-refractivity contribution >= 4 is 23.3 Å². The molecule has 5 nitrogen and oxygen atoms in total. The average molecular weight is 260 g/mol. The van der Waals surface area contributed by atoms with Gasteiger partial charge in [-0.05, 0) is 25.0 Å². The fourth-order valence-electron chi connectivity index (χ4n) is 2.09. The van der Waals surface area contributed by atoms with Crippen molar-refractivity contribution in [2.75, 3.05) is 18.0 Å². The molecule has 0 unspecified atom stereocenters. The molecule has 0 saturated carbocycles. The van der Waals surface area contributed by atoms with E-state index >= 15 is 0 Å². The first-order valence-corrected chi connectivity index (χ1v) is 6.22. The van der Waals surface area contributed by atoms with Gasteiger partial charge >= 0.3 is 0 Å². The van der Waals surface area contributed by atoms with Gasteiger partial charge in [-0.2, -0.15) is 0 Å². The molecule has 2 amide bonds. The van der Waals surface area contributed by atoms with Crippen molar-refractivity contribution in [2.24, 2.45) is 0 Å². The van der Waals surface area contributed by atoms with Crippen molar-refractivity contribution < 1.29 is 14.4 Å². The molecule has 0 spiro atoms. The van der Waals surface area contributed by atoms with Crippen LogP contribution in [0.5, 0.6) is 0 Å². The lowest BCUT2D eigenvalue weighted by Gasteiger charge is -2.28. The molecule has 0 bridgehead atoms. The minimum absolute atomic E-state index is 0.00249. The summed E-state index contributed by atoms with van der Waals surface area (Å²) in [6.45, 7) is 1.37. The Morgan fingerprint density at radius 1 is 1.26 bits per heavy atom. The lowest BCUT2D eigenvalue weighted by atomic mass is 10.0. The summed E-state index contributed by atoms with van der Waals surface area (Å²) in [7, 11) is 0. The molecule has 1 aromatic rings. The summed E-state index contributed by atoms with van der Waals surface area (Å²) < 4.78 is 0. The largest absolute Gasteiger partial charge is 0.347 e. The fraction of sp³-hybridized carbons (Fsp3) is 0.357. The Morgan fingerprint density at radius 2 is 2.00 bits per heavy atom. The number of aryl methyl sites for hydroxylation is 1. The number of para-hydroxylation sites is 1. The van der Waals surface area contributed by atoms with Crippen LogP contribution < -0.4 is 10.2 Å². The Kier molecular flexibility index (Phi) is 3.94. The van der Waals surface area contributed by atoms with Gasteiger partial charge in [0.2, 0.25) is 11.8 Å². The third-order valence-corrected chi connectivity index (χ3v) is 3.03. The highest BCUT2D eigenvalue weighted by Gasteiger charge is 2.25. The van der Waals surface area contributed by atoms with Crippen molar-refractivity contribution in [1.29, 1.82) is 0 Å². The molecule has 100 valence electrons. The van der Waals surface area contributed by atoms with E-state index in [0.29, 0.717) is 12.8 Å². The Bertz CT molecular complexity index is 525. The van der Waals surface area contributed by atoms with E-state index in [1.54, 1.807) is 0 Å². The number of benzene rings is 1. The van der Waals surface area contributed by atoms with Crippen LogP contribution in [-0.2, 0) is 20.8 Å². The van der Waals surface area contributed by atoms with Gasteiger partial charge in [0, 0.05) is 12.1 Å². The molecule has 1 N–H and O–H groups in total. The maximum atomic E-state index is 11.9. The first-order chi connectivity index (χ1) is 9.08. The van der Waals surface area contributed by atoms with Gasteiger partial charge < -0.3 is 10.2 Å². The Labute approximate surface area is 111 Å². The minimum Gasteiger partial charge on any atom is -0.347 e. The molecule has 19 heavy (non-hydrogen) atoms. The molecule has 1 aromatic carbocycles. The Morgan fingerprint density at radius 3 is 2.74 bits per heavy atom. The van der Waals surface area contributed by atoms with E-state index < -0.39 is 0 Å². The van der Waals surface area contributed by atoms with E-state index in [0.717, 1.165) is 11.3 Å². The van der Waals surface area contributed by atoms with Crippen LogP contribution in [0.15, 0.2) is 24.3 Å². The van der Waals surface area contributed by atoms with Gasteiger partial charge in [-0.1, -0.05) is 18.2 Å². The topological polar surface area (TPSA) is 66.5 Å². The predicted octanol–water partition coefficient (Wildman–Crippen LogP) is 0.671. The summed E-state index contributed by atoms with van der Waals surface area (Å²) in [5, 5.41) is 2.50. The van der Waals surface area contributed by atoms with E-state index in [4.69, 9.17) is 0 Å².